The number of nitriles is 1. The average Bonchev–Trinajstić information content (AvgIpc) is 2.41. The molecule has 2 saturated heterocycles. The lowest BCUT2D eigenvalue weighted by atomic mass is 9.80. The van der Waals surface area contributed by atoms with Gasteiger partial charge in [0.25, 0.3) is 0 Å². The van der Waals surface area contributed by atoms with E-state index in [4.69, 9.17) is 5.26 Å². The summed E-state index contributed by atoms with van der Waals surface area (Å²) in [6.07, 6.45) is 5.44. The van der Waals surface area contributed by atoms with Crippen LogP contribution in [0.5, 0.6) is 0 Å². The van der Waals surface area contributed by atoms with Gasteiger partial charge in [-0.05, 0) is 31.7 Å². The molecule has 2 aliphatic heterocycles. The van der Waals surface area contributed by atoms with E-state index in [-0.39, 0.29) is 16.2 Å². The predicted octanol–water partition coefficient (Wildman–Crippen LogP) is 1.60. The maximum atomic E-state index is 12.2. The van der Waals surface area contributed by atoms with Gasteiger partial charge in [-0.25, -0.2) is 4.98 Å². The smallest absolute Gasteiger partial charge is 0.146 e. The summed E-state index contributed by atoms with van der Waals surface area (Å²) in [5, 5.41) is 20.2. The quantitative estimate of drug-likeness (QED) is 0.845. The summed E-state index contributed by atoms with van der Waals surface area (Å²) in [7, 11) is -0.828. The molecule has 2 fully saturated rings. The lowest BCUT2D eigenvalue weighted by Gasteiger charge is -2.43. The number of aliphatic hydroxyl groups is 1. The Morgan fingerprint density at radius 2 is 2.11 bits per heavy atom. The number of hydrogen-bond acceptors (Lipinski definition) is 4. The second kappa shape index (κ2) is 4.69. The largest absolute Gasteiger partial charge is 0.385 e. The van der Waals surface area contributed by atoms with Crippen molar-refractivity contribution in [3.8, 4) is 6.07 Å². The molecule has 100 valence electrons. The maximum Gasteiger partial charge on any atom is 0.146 e. The standard InChI is InChI=1S/C14H16N2O2S/c15-9-13-12(5-2-6-16-13)14(17)7-10-3-1-4-11(8-14)19(10)18/h2,5-6,10-11,17H,1,3-4,7-8H2. The van der Waals surface area contributed by atoms with E-state index in [1.54, 1.807) is 18.3 Å². The van der Waals surface area contributed by atoms with Crippen LogP contribution in [0.2, 0.25) is 0 Å². The van der Waals surface area contributed by atoms with Crippen LogP contribution in [0.15, 0.2) is 18.3 Å². The van der Waals surface area contributed by atoms with Gasteiger partial charge in [-0.1, -0.05) is 12.5 Å². The highest BCUT2D eigenvalue weighted by molar-refractivity contribution is 7.86. The Morgan fingerprint density at radius 3 is 2.74 bits per heavy atom. The average molecular weight is 276 g/mol. The van der Waals surface area contributed by atoms with Gasteiger partial charge in [0, 0.05) is 33.1 Å². The van der Waals surface area contributed by atoms with Crippen molar-refractivity contribution in [1.29, 1.82) is 5.26 Å². The van der Waals surface area contributed by atoms with E-state index < -0.39 is 16.4 Å². The molecule has 0 aromatic carbocycles. The zero-order valence-corrected chi connectivity index (χ0v) is 11.4. The molecule has 2 atom stereocenters. The van der Waals surface area contributed by atoms with Crippen LogP contribution in [0.1, 0.15) is 43.4 Å². The van der Waals surface area contributed by atoms with Gasteiger partial charge in [0.15, 0.2) is 0 Å². The van der Waals surface area contributed by atoms with Crippen molar-refractivity contribution >= 4 is 10.8 Å². The fourth-order valence-electron chi connectivity index (χ4n) is 3.37. The van der Waals surface area contributed by atoms with E-state index in [9.17, 15) is 9.32 Å². The summed E-state index contributed by atoms with van der Waals surface area (Å²) in [6, 6.07) is 5.57. The number of pyridine rings is 1. The van der Waals surface area contributed by atoms with E-state index in [1.807, 2.05) is 6.07 Å². The zero-order chi connectivity index (χ0) is 13.5. The molecule has 3 heterocycles. The van der Waals surface area contributed by atoms with Gasteiger partial charge < -0.3 is 5.11 Å². The molecular weight excluding hydrogens is 260 g/mol. The zero-order valence-electron chi connectivity index (χ0n) is 10.6. The van der Waals surface area contributed by atoms with E-state index >= 15 is 0 Å². The number of nitrogens with zero attached hydrogens (tertiary/aromatic N) is 2. The summed E-state index contributed by atoms with van der Waals surface area (Å²) in [5.41, 5.74) is -0.148. The fraction of sp³-hybridized carbons (Fsp3) is 0.571. The SMILES string of the molecule is N#Cc1ncccc1C1(O)CC2CCCC(C1)S2=O. The Hall–Kier alpha value is -1.25. The molecule has 3 rings (SSSR count). The molecule has 0 amide bonds. The van der Waals surface area contributed by atoms with Crippen LogP contribution in [-0.4, -0.2) is 24.8 Å². The van der Waals surface area contributed by atoms with Crippen LogP contribution >= 0.6 is 0 Å². The summed E-state index contributed by atoms with van der Waals surface area (Å²) in [5.74, 6) is 0. The van der Waals surface area contributed by atoms with Crippen LogP contribution < -0.4 is 0 Å². The van der Waals surface area contributed by atoms with E-state index in [0.717, 1.165) is 19.3 Å². The Bertz CT molecular complexity index is 551. The van der Waals surface area contributed by atoms with Crippen LogP contribution in [0.4, 0.5) is 0 Å². The number of rotatable bonds is 1. The second-order valence-electron chi connectivity index (χ2n) is 5.45. The maximum absolute atomic E-state index is 12.2. The van der Waals surface area contributed by atoms with Gasteiger partial charge in [-0.3, -0.25) is 4.21 Å². The minimum Gasteiger partial charge on any atom is -0.385 e. The van der Waals surface area contributed by atoms with Crippen LogP contribution in [0.3, 0.4) is 0 Å². The second-order valence-corrected chi connectivity index (χ2v) is 7.45. The van der Waals surface area contributed by atoms with Crippen LogP contribution in [0, 0.1) is 11.3 Å². The molecule has 2 unspecified atom stereocenters. The molecule has 2 bridgehead atoms. The molecule has 2 aliphatic rings. The normalized spacial score (nSPS) is 37.6. The molecule has 5 heteroatoms. The molecule has 4 nitrogen and oxygen atoms in total. The highest BCUT2D eigenvalue weighted by Gasteiger charge is 2.47. The third kappa shape index (κ3) is 2.09. The van der Waals surface area contributed by atoms with Crippen molar-refractivity contribution < 1.29 is 9.32 Å². The lowest BCUT2D eigenvalue weighted by molar-refractivity contribution is 0.00598. The Kier molecular flexibility index (Phi) is 3.15. The lowest BCUT2D eigenvalue weighted by Crippen LogP contribution is -2.47. The summed E-state index contributed by atoms with van der Waals surface area (Å²) >= 11 is 0. The molecule has 19 heavy (non-hydrogen) atoms. The van der Waals surface area contributed by atoms with E-state index in [1.165, 1.54) is 0 Å². The van der Waals surface area contributed by atoms with E-state index in [2.05, 4.69) is 4.98 Å². The summed E-state index contributed by atoms with van der Waals surface area (Å²) in [6.45, 7) is 0. The van der Waals surface area contributed by atoms with Gasteiger partial charge in [-0.2, -0.15) is 5.26 Å². The summed E-state index contributed by atoms with van der Waals surface area (Å²) < 4.78 is 12.2. The van der Waals surface area contributed by atoms with Gasteiger partial charge in [0.2, 0.25) is 0 Å². The fourth-order valence-corrected chi connectivity index (χ4v) is 5.59. The van der Waals surface area contributed by atoms with Gasteiger partial charge in [-0.15, -0.1) is 0 Å². The minimum atomic E-state index is -1.04. The van der Waals surface area contributed by atoms with E-state index in [0.29, 0.717) is 18.4 Å². The third-order valence-corrected chi connectivity index (χ3v) is 6.37. The monoisotopic (exact) mass is 276 g/mol. The van der Waals surface area contributed by atoms with Crippen LogP contribution in [0.25, 0.3) is 0 Å². The first-order chi connectivity index (χ1) is 9.14. The number of hydrogen-bond donors (Lipinski definition) is 1. The summed E-state index contributed by atoms with van der Waals surface area (Å²) in [4.78, 5) is 4.03. The molecule has 1 aromatic heterocycles. The first kappa shape index (κ1) is 12.8. The molecule has 1 aromatic rings. The topological polar surface area (TPSA) is 74.0 Å². The van der Waals surface area contributed by atoms with Gasteiger partial charge >= 0.3 is 0 Å². The van der Waals surface area contributed by atoms with Crippen molar-refractivity contribution in [2.75, 3.05) is 0 Å². The van der Waals surface area contributed by atoms with Crippen molar-refractivity contribution in [3.05, 3.63) is 29.6 Å². The highest BCUT2D eigenvalue weighted by atomic mass is 32.2. The molecule has 0 saturated carbocycles. The molecule has 0 spiro atoms. The minimum absolute atomic E-state index is 0.0595. The predicted molar refractivity (Wildman–Crippen MR) is 71.7 cm³/mol. The Morgan fingerprint density at radius 1 is 1.42 bits per heavy atom. The molecule has 0 radical (unpaired) electrons. The molecule has 0 aliphatic carbocycles. The van der Waals surface area contributed by atoms with Crippen molar-refractivity contribution in [3.63, 3.8) is 0 Å². The molecular formula is C14H16N2O2S. The third-order valence-electron chi connectivity index (χ3n) is 4.25. The first-order valence-electron chi connectivity index (χ1n) is 6.61. The Balaban J connectivity index is 2.00. The number of aromatic nitrogens is 1. The van der Waals surface area contributed by atoms with Gasteiger partial charge in [0.05, 0.1) is 5.60 Å². The van der Waals surface area contributed by atoms with Crippen molar-refractivity contribution in [1.82, 2.24) is 4.98 Å². The Labute approximate surface area is 114 Å². The number of fused-ring (bicyclic) bond motifs is 2. The first-order valence-corrected chi connectivity index (χ1v) is 7.89. The van der Waals surface area contributed by atoms with Crippen molar-refractivity contribution in [2.45, 2.75) is 48.2 Å². The van der Waals surface area contributed by atoms with Crippen molar-refractivity contribution in [2.24, 2.45) is 0 Å². The van der Waals surface area contributed by atoms with Gasteiger partial charge in [0.1, 0.15) is 11.8 Å². The van der Waals surface area contributed by atoms with Crippen LogP contribution in [-0.2, 0) is 16.4 Å². The molecule has 1 N–H and O–H groups in total. The highest BCUT2D eigenvalue weighted by Crippen LogP contribution is 2.44.